The maximum atomic E-state index is 6.01. The van der Waals surface area contributed by atoms with Gasteiger partial charge in [0.05, 0.1) is 0 Å². The van der Waals surface area contributed by atoms with Crippen LogP contribution in [0.15, 0.2) is 6.33 Å². The van der Waals surface area contributed by atoms with Gasteiger partial charge in [0.15, 0.2) is 0 Å². The fourth-order valence-electron chi connectivity index (χ4n) is 1.61. The summed E-state index contributed by atoms with van der Waals surface area (Å²) in [6.07, 6.45) is 3.46. The third-order valence-corrected chi connectivity index (χ3v) is 2.18. The first-order valence-electron chi connectivity index (χ1n) is 5.40. The zero-order valence-corrected chi connectivity index (χ0v) is 9.85. The van der Waals surface area contributed by atoms with Gasteiger partial charge in [-0.1, -0.05) is 6.92 Å². The smallest absolute Gasteiger partial charge is 0.138 e. The minimum Gasteiger partial charge on any atom is -0.326 e. The lowest BCUT2D eigenvalue weighted by molar-refractivity contribution is 0.365. The van der Waals surface area contributed by atoms with Gasteiger partial charge in [0.25, 0.3) is 0 Å². The summed E-state index contributed by atoms with van der Waals surface area (Å²) >= 11 is 0. The van der Waals surface area contributed by atoms with Crippen molar-refractivity contribution in [3.8, 4) is 0 Å². The number of likely N-dealkylation sites (N-methyl/N-ethyl adjacent to an activating group) is 1. The minimum atomic E-state index is 0.125. The van der Waals surface area contributed by atoms with E-state index in [9.17, 15) is 0 Å². The van der Waals surface area contributed by atoms with Crippen molar-refractivity contribution in [1.82, 2.24) is 19.7 Å². The number of aromatic nitrogens is 3. The Morgan fingerprint density at radius 1 is 1.53 bits per heavy atom. The maximum Gasteiger partial charge on any atom is 0.138 e. The molecule has 1 heterocycles. The Morgan fingerprint density at radius 2 is 2.27 bits per heavy atom. The van der Waals surface area contributed by atoms with Crippen LogP contribution in [0, 0.1) is 0 Å². The molecule has 1 atom stereocenters. The second-order valence-corrected chi connectivity index (χ2v) is 4.13. The summed E-state index contributed by atoms with van der Waals surface area (Å²) in [6, 6.07) is 0.125. The highest BCUT2D eigenvalue weighted by atomic mass is 15.3. The largest absolute Gasteiger partial charge is 0.326 e. The average molecular weight is 211 g/mol. The van der Waals surface area contributed by atoms with E-state index in [-0.39, 0.29) is 6.04 Å². The first kappa shape index (κ1) is 12.1. The van der Waals surface area contributed by atoms with Crippen LogP contribution in [0.5, 0.6) is 0 Å². The van der Waals surface area contributed by atoms with Gasteiger partial charge in [-0.3, -0.25) is 4.68 Å². The normalized spacial score (nSPS) is 13.4. The molecule has 0 aliphatic carbocycles. The fraction of sp³-hybridized carbons (Fsp3) is 0.800. The van der Waals surface area contributed by atoms with Crippen molar-refractivity contribution in [1.29, 1.82) is 0 Å². The quantitative estimate of drug-likeness (QED) is 0.726. The van der Waals surface area contributed by atoms with Gasteiger partial charge >= 0.3 is 0 Å². The molecule has 2 N–H and O–H groups in total. The zero-order chi connectivity index (χ0) is 11.3. The van der Waals surface area contributed by atoms with E-state index in [1.807, 2.05) is 18.8 Å². The van der Waals surface area contributed by atoms with Crippen LogP contribution in [0.1, 0.15) is 19.2 Å². The van der Waals surface area contributed by atoms with E-state index in [0.717, 1.165) is 31.8 Å². The van der Waals surface area contributed by atoms with Crippen LogP contribution < -0.4 is 5.73 Å². The Labute approximate surface area is 91.3 Å². The van der Waals surface area contributed by atoms with Gasteiger partial charge in [-0.05, 0) is 20.5 Å². The van der Waals surface area contributed by atoms with Gasteiger partial charge in [0.2, 0.25) is 0 Å². The van der Waals surface area contributed by atoms with E-state index in [0.29, 0.717) is 0 Å². The molecule has 0 aliphatic heterocycles. The fourth-order valence-corrected chi connectivity index (χ4v) is 1.61. The monoisotopic (exact) mass is 211 g/mol. The standard InChI is InChI=1S/C10H21N5/c1-4-5-15-10(12-8-13-15)6-9(11)7-14(2)3/h8-9H,4-7,11H2,1-3H3. The van der Waals surface area contributed by atoms with Crippen molar-refractivity contribution in [2.75, 3.05) is 20.6 Å². The summed E-state index contributed by atoms with van der Waals surface area (Å²) in [5.41, 5.74) is 6.01. The van der Waals surface area contributed by atoms with Crippen LogP contribution >= 0.6 is 0 Å². The molecule has 15 heavy (non-hydrogen) atoms. The maximum absolute atomic E-state index is 6.01. The summed E-state index contributed by atoms with van der Waals surface area (Å²) < 4.78 is 1.94. The van der Waals surface area contributed by atoms with Crippen molar-refractivity contribution >= 4 is 0 Å². The van der Waals surface area contributed by atoms with Gasteiger partial charge in [0, 0.05) is 25.6 Å². The zero-order valence-electron chi connectivity index (χ0n) is 9.85. The summed E-state index contributed by atoms with van der Waals surface area (Å²) in [5.74, 6) is 0.992. The van der Waals surface area contributed by atoms with E-state index < -0.39 is 0 Å². The second-order valence-electron chi connectivity index (χ2n) is 4.13. The van der Waals surface area contributed by atoms with Crippen molar-refractivity contribution < 1.29 is 0 Å². The molecule has 5 nitrogen and oxygen atoms in total. The number of aryl methyl sites for hydroxylation is 1. The molecule has 0 aliphatic rings. The molecular formula is C10H21N5. The molecule has 0 spiro atoms. The Morgan fingerprint density at radius 3 is 2.87 bits per heavy atom. The van der Waals surface area contributed by atoms with Crippen LogP contribution in [-0.4, -0.2) is 46.3 Å². The molecule has 1 unspecified atom stereocenters. The topological polar surface area (TPSA) is 60.0 Å². The lowest BCUT2D eigenvalue weighted by Crippen LogP contribution is -2.35. The van der Waals surface area contributed by atoms with Crippen molar-refractivity contribution in [2.24, 2.45) is 5.73 Å². The highest BCUT2D eigenvalue weighted by molar-refractivity contribution is 4.89. The van der Waals surface area contributed by atoms with Crippen LogP contribution in [-0.2, 0) is 13.0 Å². The predicted molar refractivity (Wildman–Crippen MR) is 60.5 cm³/mol. The van der Waals surface area contributed by atoms with Gasteiger partial charge in [0.1, 0.15) is 12.2 Å². The first-order valence-corrected chi connectivity index (χ1v) is 5.40. The number of hydrogen-bond donors (Lipinski definition) is 1. The summed E-state index contributed by atoms with van der Waals surface area (Å²) in [5, 5.41) is 4.17. The molecule has 1 aromatic heterocycles. The third-order valence-electron chi connectivity index (χ3n) is 2.18. The van der Waals surface area contributed by atoms with Gasteiger partial charge < -0.3 is 10.6 Å². The van der Waals surface area contributed by atoms with Crippen LogP contribution in [0.25, 0.3) is 0 Å². The summed E-state index contributed by atoms with van der Waals surface area (Å²) in [4.78, 5) is 6.32. The van der Waals surface area contributed by atoms with Gasteiger partial charge in [-0.2, -0.15) is 5.10 Å². The highest BCUT2D eigenvalue weighted by Crippen LogP contribution is 2.00. The van der Waals surface area contributed by atoms with Crippen molar-refractivity contribution in [3.63, 3.8) is 0 Å². The molecule has 0 saturated heterocycles. The SMILES string of the molecule is CCCn1ncnc1CC(N)CN(C)C. The van der Waals surface area contributed by atoms with E-state index in [2.05, 4.69) is 21.9 Å². The Hall–Kier alpha value is -0.940. The molecule has 5 heteroatoms. The Kier molecular flexibility index (Phi) is 4.71. The summed E-state index contributed by atoms with van der Waals surface area (Å²) in [7, 11) is 4.05. The van der Waals surface area contributed by atoms with Crippen LogP contribution in [0.2, 0.25) is 0 Å². The van der Waals surface area contributed by atoms with Crippen LogP contribution in [0.3, 0.4) is 0 Å². The number of nitrogens with two attached hydrogens (primary N) is 1. The first-order chi connectivity index (χ1) is 7.13. The van der Waals surface area contributed by atoms with E-state index in [1.165, 1.54) is 0 Å². The molecule has 1 rings (SSSR count). The lowest BCUT2D eigenvalue weighted by Gasteiger charge is -2.16. The molecule has 0 saturated carbocycles. The van der Waals surface area contributed by atoms with Gasteiger partial charge in [-0.25, -0.2) is 4.98 Å². The Balaban J connectivity index is 2.51. The number of hydrogen-bond acceptors (Lipinski definition) is 4. The van der Waals surface area contributed by atoms with E-state index in [1.54, 1.807) is 6.33 Å². The third kappa shape index (κ3) is 3.97. The van der Waals surface area contributed by atoms with Gasteiger partial charge in [-0.15, -0.1) is 0 Å². The Bertz CT molecular complexity index is 281. The molecule has 0 radical (unpaired) electrons. The van der Waals surface area contributed by atoms with Crippen LogP contribution in [0.4, 0.5) is 0 Å². The van der Waals surface area contributed by atoms with E-state index in [4.69, 9.17) is 5.73 Å². The molecule has 0 bridgehead atoms. The molecule has 86 valence electrons. The minimum absolute atomic E-state index is 0.125. The van der Waals surface area contributed by atoms with E-state index >= 15 is 0 Å². The average Bonchev–Trinajstić information content (AvgIpc) is 2.52. The summed E-state index contributed by atoms with van der Waals surface area (Å²) in [6.45, 7) is 3.92. The lowest BCUT2D eigenvalue weighted by atomic mass is 10.2. The molecule has 1 aromatic rings. The second kappa shape index (κ2) is 5.82. The van der Waals surface area contributed by atoms with Crippen molar-refractivity contribution in [3.05, 3.63) is 12.2 Å². The molecule has 0 amide bonds. The molecule has 0 fully saturated rings. The van der Waals surface area contributed by atoms with Crippen molar-refractivity contribution in [2.45, 2.75) is 32.4 Å². The number of nitrogens with zero attached hydrogens (tertiary/aromatic N) is 4. The number of rotatable bonds is 6. The molecular weight excluding hydrogens is 190 g/mol. The highest BCUT2D eigenvalue weighted by Gasteiger charge is 2.10. The predicted octanol–water partition coefficient (Wildman–Crippen LogP) is 0.120. The molecule has 0 aromatic carbocycles.